The molecule has 3 rings (SSSR count). The van der Waals surface area contributed by atoms with E-state index in [1.807, 2.05) is 31.2 Å². The van der Waals surface area contributed by atoms with Crippen molar-refractivity contribution >= 4 is 27.9 Å². The number of aromatic nitrogens is 3. The topological polar surface area (TPSA) is 76.4 Å². The number of carbonyl (C=O) groups excluding carboxylic acids is 1. The van der Waals surface area contributed by atoms with Crippen molar-refractivity contribution in [2.75, 3.05) is 5.32 Å². The van der Waals surface area contributed by atoms with Crippen LogP contribution in [0.1, 0.15) is 20.9 Å². The van der Waals surface area contributed by atoms with Gasteiger partial charge in [-0.05, 0) is 31.5 Å². The van der Waals surface area contributed by atoms with Crippen LogP contribution in [-0.2, 0) is 0 Å². The number of rotatable bonds is 2. The van der Waals surface area contributed by atoms with Crippen molar-refractivity contribution in [2.45, 2.75) is 13.8 Å². The van der Waals surface area contributed by atoms with Crippen molar-refractivity contribution in [3.63, 3.8) is 0 Å². The highest BCUT2D eigenvalue weighted by atomic mass is 32.1. The van der Waals surface area contributed by atoms with Crippen LogP contribution < -0.4 is 10.9 Å². The van der Waals surface area contributed by atoms with Gasteiger partial charge in [-0.3, -0.25) is 9.59 Å². The molecule has 1 amide bonds. The van der Waals surface area contributed by atoms with E-state index < -0.39 is 0 Å². The number of benzene rings is 1. The summed E-state index contributed by atoms with van der Waals surface area (Å²) in [5.74, 6) is -0.247. The van der Waals surface area contributed by atoms with Gasteiger partial charge in [-0.15, -0.1) is 0 Å². The lowest BCUT2D eigenvalue weighted by Gasteiger charge is -2.03. The number of aryl methyl sites for hydroxylation is 2. The molecule has 0 bridgehead atoms. The first-order valence-electron chi connectivity index (χ1n) is 6.28. The summed E-state index contributed by atoms with van der Waals surface area (Å²) in [6.07, 6.45) is 1.57. The molecular weight excluding hydrogens is 288 g/mol. The second-order valence-electron chi connectivity index (χ2n) is 4.65. The summed E-state index contributed by atoms with van der Waals surface area (Å²) in [6, 6.07) is 7.54. The number of carbonyl (C=O) groups is 1. The second kappa shape index (κ2) is 5.10. The fourth-order valence-corrected chi connectivity index (χ4v) is 2.68. The molecule has 0 unspecified atom stereocenters. The molecule has 106 valence electrons. The Morgan fingerprint density at radius 3 is 2.90 bits per heavy atom. The van der Waals surface area contributed by atoms with Gasteiger partial charge in [0.15, 0.2) is 0 Å². The van der Waals surface area contributed by atoms with Crippen LogP contribution in [0.25, 0.3) is 4.96 Å². The van der Waals surface area contributed by atoms with Crippen LogP contribution in [0.2, 0.25) is 0 Å². The number of fused-ring (bicyclic) bond motifs is 1. The Hall–Kier alpha value is -2.54. The molecule has 0 aliphatic carbocycles. The Kier molecular flexibility index (Phi) is 3.26. The molecule has 2 aromatic heterocycles. The third-order valence-electron chi connectivity index (χ3n) is 2.90. The van der Waals surface area contributed by atoms with E-state index in [9.17, 15) is 9.59 Å². The Labute approximate surface area is 124 Å². The summed E-state index contributed by atoms with van der Waals surface area (Å²) < 4.78 is 1.45. The van der Waals surface area contributed by atoms with Crippen LogP contribution >= 0.6 is 11.3 Å². The Balaban J connectivity index is 1.93. The minimum atomic E-state index is -0.373. The predicted octanol–water partition coefficient (Wildman–Crippen LogP) is 2.02. The molecule has 3 aromatic rings. The molecule has 0 radical (unpaired) electrons. The zero-order valence-electron chi connectivity index (χ0n) is 11.5. The molecule has 0 saturated carbocycles. The third kappa shape index (κ3) is 2.68. The molecule has 1 N–H and O–H groups in total. The first-order valence-corrected chi connectivity index (χ1v) is 7.10. The van der Waals surface area contributed by atoms with Crippen LogP contribution in [0.15, 0.2) is 35.3 Å². The van der Waals surface area contributed by atoms with Crippen LogP contribution in [0.5, 0.6) is 0 Å². The van der Waals surface area contributed by atoms with Gasteiger partial charge in [0.2, 0.25) is 4.96 Å². The van der Waals surface area contributed by atoms with Crippen molar-refractivity contribution in [2.24, 2.45) is 0 Å². The average molecular weight is 300 g/mol. The normalized spacial score (nSPS) is 10.8. The lowest BCUT2D eigenvalue weighted by atomic mass is 10.2. The van der Waals surface area contributed by atoms with Crippen LogP contribution in [0.4, 0.5) is 5.69 Å². The summed E-state index contributed by atoms with van der Waals surface area (Å²) in [4.78, 5) is 28.4. The van der Waals surface area contributed by atoms with Gasteiger partial charge < -0.3 is 5.32 Å². The highest BCUT2D eigenvalue weighted by molar-refractivity contribution is 7.18. The predicted molar refractivity (Wildman–Crippen MR) is 81.0 cm³/mol. The molecule has 0 atom stereocenters. The number of hydrogen-bond acceptors (Lipinski definition) is 5. The minimum Gasteiger partial charge on any atom is -0.321 e. The maximum absolute atomic E-state index is 12.2. The molecule has 0 aliphatic heterocycles. The number of thiazole rings is 1. The second-order valence-corrected chi connectivity index (χ2v) is 5.66. The van der Waals surface area contributed by atoms with Gasteiger partial charge in [0.25, 0.3) is 11.5 Å². The Morgan fingerprint density at radius 2 is 2.14 bits per heavy atom. The molecule has 7 heteroatoms. The van der Waals surface area contributed by atoms with Gasteiger partial charge in [0.1, 0.15) is 10.6 Å². The van der Waals surface area contributed by atoms with Crippen LogP contribution in [-0.4, -0.2) is 20.5 Å². The Bertz CT molecular complexity index is 897. The monoisotopic (exact) mass is 300 g/mol. The van der Waals surface area contributed by atoms with E-state index in [4.69, 9.17) is 0 Å². The smallest absolute Gasteiger partial charge is 0.295 e. The number of nitrogens with zero attached hydrogens (tertiary/aromatic N) is 3. The van der Waals surface area contributed by atoms with Crippen LogP contribution in [0.3, 0.4) is 0 Å². The molecule has 0 fully saturated rings. The lowest BCUT2D eigenvalue weighted by Crippen LogP contribution is -2.14. The molecule has 21 heavy (non-hydrogen) atoms. The fraction of sp³-hybridized carbons (Fsp3) is 0.143. The molecule has 2 heterocycles. The summed E-state index contributed by atoms with van der Waals surface area (Å²) in [6.45, 7) is 3.54. The number of amides is 1. The van der Waals surface area contributed by atoms with Gasteiger partial charge in [-0.1, -0.05) is 23.5 Å². The molecule has 6 nitrogen and oxygen atoms in total. The molecule has 1 aromatic carbocycles. The van der Waals surface area contributed by atoms with Crippen LogP contribution in [0, 0.1) is 13.8 Å². The number of nitrogens with one attached hydrogen (secondary N) is 1. The largest absolute Gasteiger partial charge is 0.321 e. The van der Waals surface area contributed by atoms with E-state index in [-0.39, 0.29) is 11.5 Å². The quantitative estimate of drug-likeness (QED) is 0.785. The van der Waals surface area contributed by atoms with E-state index in [0.29, 0.717) is 15.5 Å². The van der Waals surface area contributed by atoms with E-state index in [2.05, 4.69) is 15.4 Å². The number of hydrogen-bond donors (Lipinski definition) is 1. The summed E-state index contributed by atoms with van der Waals surface area (Å²) in [5, 5.41) is 6.89. The first kappa shape index (κ1) is 13.4. The van der Waals surface area contributed by atoms with Gasteiger partial charge in [0.05, 0.1) is 6.20 Å². The highest BCUT2D eigenvalue weighted by Crippen LogP contribution is 2.17. The summed E-state index contributed by atoms with van der Waals surface area (Å²) in [5.41, 5.74) is 1.72. The molecule has 0 aliphatic rings. The maximum Gasteiger partial charge on any atom is 0.295 e. The van der Waals surface area contributed by atoms with E-state index in [1.165, 1.54) is 4.52 Å². The van der Waals surface area contributed by atoms with Crippen molar-refractivity contribution in [3.8, 4) is 0 Å². The lowest BCUT2D eigenvalue weighted by molar-refractivity contribution is 0.103. The molecule has 0 spiro atoms. The average Bonchev–Trinajstić information content (AvgIpc) is 2.82. The van der Waals surface area contributed by atoms with Crippen molar-refractivity contribution in [1.82, 2.24) is 14.6 Å². The van der Waals surface area contributed by atoms with Gasteiger partial charge in [-0.2, -0.15) is 10.1 Å². The SMILES string of the molecule is Cc1cccc(NC(=O)c2cn3nc(C)c(=O)nc3s2)c1. The third-order valence-corrected chi connectivity index (χ3v) is 3.87. The van der Waals surface area contributed by atoms with Crippen molar-refractivity contribution in [1.29, 1.82) is 0 Å². The van der Waals surface area contributed by atoms with Gasteiger partial charge in [-0.25, -0.2) is 4.52 Å². The van der Waals surface area contributed by atoms with E-state index in [0.717, 1.165) is 22.6 Å². The van der Waals surface area contributed by atoms with E-state index >= 15 is 0 Å². The summed E-state index contributed by atoms with van der Waals surface area (Å²) >= 11 is 1.13. The van der Waals surface area contributed by atoms with Gasteiger partial charge in [0, 0.05) is 5.69 Å². The molecular formula is C14H12N4O2S. The van der Waals surface area contributed by atoms with Gasteiger partial charge >= 0.3 is 0 Å². The highest BCUT2D eigenvalue weighted by Gasteiger charge is 2.13. The Morgan fingerprint density at radius 1 is 1.33 bits per heavy atom. The first-order chi connectivity index (χ1) is 10.0. The minimum absolute atomic E-state index is 0.247. The summed E-state index contributed by atoms with van der Waals surface area (Å²) in [7, 11) is 0. The molecule has 0 saturated heterocycles. The zero-order chi connectivity index (χ0) is 15.0. The maximum atomic E-state index is 12.2. The standard InChI is InChI=1S/C14H12N4O2S/c1-8-4-3-5-10(6-8)15-13(20)11-7-18-14(21-11)16-12(19)9(2)17-18/h3-7H,1-2H3,(H,15,20). The van der Waals surface area contributed by atoms with E-state index in [1.54, 1.807) is 13.1 Å². The van der Waals surface area contributed by atoms with Crippen molar-refractivity contribution < 1.29 is 4.79 Å². The number of anilines is 1. The van der Waals surface area contributed by atoms with Crippen molar-refractivity contribution in [3.05, 3.63) is 57.0 Å². The zero-order valence-corrected chi connectivity index (χ0v) is 12.3. The fourth-order valence-electron chi connectivity index (χ4n) is 1.88.